The van der Waals surface area contributed by atoms with Gasteiger partial charge < -0.3 is 10.0 Å². The second-order valence-corrected chi connectivity index (χ2v) is 8.35. The number of hydrogen-bond donors (Lipinski definition) is 1. The quantitative estimate of drug-likeness (QED) is 0.775. The Balaban J connectivity index is 1.97. The fraction of sp³-hybridized carbons (Fsp3) is 0.600. The highest BCUT2D eigenvalue weighted by atomic mass is 32.2. The van der Waals surface area contributed by atoms with E-state index < -0.39 is 21.9 Å². The summed E-state index contributed by atoms with van der Waals surface area (Å²) in [5.74, 6) is -1.28. The molecule has 1 aromatic heterocycles. The Bertz CT molecular complexity index is 633. The van der Waals surface area contributed by atoms with Crippen molar-refractivity contribution in [2.75, 3.05) is 39.5 Å². The van der Waals surface area contributed by atoms with E-state index in [2.05, 4.69) is 4.98 Å². The minimum atomic E-state index is -3.20. The molecule has 0 amide bonds. The van der Waals surface area contributed by atoms with Crippen LogP contribution in [0.15, 0.2) is 24.5 Å². The monoisotopic (exact) mass is 341 g/mol. The third-order valence-corrected chi connectivity index (χ3v) is 6.20. The van der Waals surface area contributed by atoms with Crippen molar-refractivity contribution < 1.29 is 18.3 Å². The van der Waals surface area contributed by atoms with E-state index in [0.29, 0.717) is 26.1 Å². The second-order valence-electron chi connectivity index (χ2n) is 6.04. The number of nitrogens with zero attached hydrogens (tertiary/aromatic N) is 3. The van der Waals surface area contributed by atoms with E-state index in [1.165, 1.54) is 18.4 Å². The van der Waals surface area contributed by atoms with Gasteiger partial charge in [0.15, 0.2) is 0 Å². The van der Waals surface area contributed by atoms with Gasteiger partial charge in [0.2, 0.25) is 10.0 Å². The van der Waals surface area contributed by atoms with E-state index >= 15 is 0 Å². The minimum Gasteiger partial charge on any atom is -0.481 e. The molecule has 2 atom stereocenters. The molecule has 0 unspecified atom stereocenters. The number of pyridine rings is 1. The molecule has 0 aromatic carbocycles. The maximum Gasteiger partial charge on any atom is 0.308 e. The Labute approximate surface area is 137 Å². The number of aliphatic carboxylic acids is 1. The minimum absolute atomic E-state index is 0.0775. The van der Waals surface area contributed by atoms with Crippen molar-refractivity contribution >= 4 is 16.0 Å². The summed E-state index contributed by atoms with van der Waals surface area (Å²) >= 11 is 0. The van der Waals surface area contributed by atoms with E-state index in [0.717, 1.165) is 5.56 Å². The van der Waals surface area contributed by atoms with Crippen LogP contribution in [0.3, 0.4) is 0 Å². The Morgan fingerprint density at radius 3 is 2.57 bits per heavy atom. The third-order valence-electron chi connectivity index (χ3n) is 4.28. The van der Waals surface area contributed by atoms with E-state index in [4.69, 9.17) is 0 Å². The van der Waals surface area contributed by atoms with Gasteiger partial charge in [-0.05, 0) is 30.7 Å². The van der Waals surface area contributed by atoms with Crippen molar-refractivity contribution in [2.24, 2.45) is 5.92 Å². The van der Waals surface area contributed by atoms with Crippen LogP contribution in [0.1, 0.15) is 17.9 Å². The Hall–Kier alpha value is -1.51. The molecule has 1 aliphatic heterocycles. The SMILES string of the molecule is CN(C)S(=O)(=O)CCCN1C[C@@H](C(=O)O)[C@H](c2ccncc2)C1. The maximum atomic E-state index is 11.8. The number of carbonyl (C=O) groups is 1. The van der Waals surface area contributed by atoms with Crippen LogP contribution in [0.5, 0.6) is 0 Å². The number of rotatable bonds is 7. The van der Waals surface area contributed by atoms with Crippen LogP contribution in [-0.4, -0.2) is 73.2 Å². The van der Waals surface area contributed by atoms with Crippen LogP contribution in [0.2, 0.25) is 0 Å². The van der Waals surface area contributed by atoms with Crippen LogP contribution in [-0.2, 0) is 14.8 Å². The Kier molecular flexibility index (Phi) is 5.72. The predicted octanol–water partition coefficient (Wildman–Crippen LogP) is 0.463. The number of sulfonamides is 1. The van der Waals surface area contributed by atoms with Crippen LogP contribution in [0, 0.1) is 5.92 Å². The number of carboxylic acid groups (broad SMARTS) is 1. The summed E-state index contributed by atoms with van der Waals surface area (Å²) in [6.07, 6.45) is 3.83. The van der Waals surface area contributed by atoms with Gasteiger partial charge in [-0.2, -0.15) is 0 Å². The first-order chi connectivity index (χ1) is 10.8. The lowest BCUT2D eigenvalue weighted by Gasteiger charge is -2.17. The highest BCUT2D eigenvalue weighted by Crippen LogP contribution is 2.32. The standard InChI is InChI=1S/C15H23N3O4S/c1-17(2)23(21,22)9-3-8-18-10-13(14(11-18)15(19)20)12-4-6-16-7-5-12/h4-7,13-14H,3,8-11H2,1-2H3,(H,19,20)/t13-,14+/m0/s1. The van der Waals surface area contributed by atoms with Gasteiger partial charge in [0, 0.05) is 45.5 Å². The van der Waals surface area contributed by atoms with Gasteiger partial charge >= 0.3 is 5.97 Å². The van der Waals surface area contributed by atoms with Crippen molar-refractivity contribution in [1.29, 1.82) is 0 Å². The zero-order chi connectivity index (χ0) is 17.0. The predicted molar refractivity (Wildman–Crippen MR) is 86.6 cm³/mol. The summed E-state index contributed by atoms with van der Waals surface area (Å²) in [6, 6.07) is 3.70. The topological polar surface area (TPSA) is 90.8 Å². The van der Waals surface area contributed by atoms with Gasteiger partial charge in [0.05, 0.1) is 11.7 Å². The molecule has 1 saturated heterocycles. The number of aromatic nitrogens is 1. The van der Waals surface area contributed by atoms with Gasteiger partial charge in [-0.1, -0.05) is 0 Å². The third kappa shape index (κ3) is 4.49. The first kappa shape index (κ1) is 17.8. The fourth-order valence-electron chi connectivity index (χ4n) is 2.92. The lowest BCUT2D eigenvalue weighted by Crippen LogP contribution is -2.29. The summed E-state index contributed by atoms with van der Waals surface area (Å²) in [5.41, 5.74) is 0.968. The number of carboxylic acids is 1. The van der Waals surface area contributed by atoms with Gasteiger partial charge in [-0.25, -0.2) is 12.7 Å². The lowest BCUT2D eigenvalue weighted by atomic mass is 9.90. The average molecular weight is 341 g/mol. The average Bonchev–Trinajstić information content (AvgIpc) is 2.92. The molecule has 0 aliphatic carbocycles. The summed E-state index contributed by atoms with van der Waals surface area (Å²) in [5, 5.41) is 9.45. The van der Waals surface area contributed by atoms with Crippen LogP contribution < -0.4 is 0 Å². The van der Waals surface area contributed by atoms with Crippen LogP contribution in [0.25, 0.3) is 0 Å². The van der Waals surface area contributed by atoms with Crippen LogP contribution >= 0.6 is 0 Å². The molecule has 1 N–H and O–H groups in total. The molecule has 0 bridgehead atoms. The molecule has 2 heterocycles. The Morgan fingerprint density at radius 2 is 2.00 bits per heavy atom. The van der Waals surface area contributed by atoms with Crippen LogP contribution in [0.4, 0.5) is 0 Å². The van der Waals surface area contributed by atoms with Gasteiger partial charge in [0.25, 0.3) is 0 Å². The van der Waals surface area contributed by atoms with E-state index in [1.54, 1.807) is 12.4 Å². The smallest absolute Gasteiger partial charge is 0.308 e. The molecule has 1 fully saturated rings. The zero-order valence-corrected chi connectivity index (χ0v) is 14.2. The molecule has 128 valence electrons. The summed E-state index contributed by atoms with van der Waals surface area (Å²) in [4.78, 5) is 17.5. The summed E-state index contributed by atoms with van der Waals surface area (Å²) in [6.45, 7) is 1.66. The van der Waals surface area contributed by atoms with Crippen molar-refractivity contribution in [2.45, 2.75) is 12.3 Å². The largest absolute Gasteiger partial charge is 0.481 e. The molecule has 2 rings (SSSR count). The maximum absolute atomic E-state index is 11.8. The lowest BCUT2D eigenvalue weighted by molar-refractivity contribution is -0.141. The van der Waals surface area contributed by atoms with Crippen molar-refractivity contribution in [3.05, 3.63) is 30.1 Å². The van der Waals surface area contributed by atoms with Gasteiger partial charge in [-0.15, -0.1) is 0 Å². The van der Waals surface area contributed by atoms with Crippen molar-refractivity contribution in [3.8, 4) is 0 Å². The molecule has 1 aliphatic rings. The highest BCUT2D eigenvalue weighted by molar-refractivity contribution is 7.89. The molecule has 23 heavy (non-hydrogen) atoms. The molecule has 0 radical (unpaired) electrons. The molecule has 8 heteroatoms. The Morgan fingerprint density at radius 1 is 1.35 bits per heavy atom. The molecule has 1 aromatic rings. The van der Waals surface area contributed by atoms with Crippen molar-refractivity contribution in [3.63, 3.8) is 0 Å². The van der Waals surface area contributed by atoms with Gasteiger partial charge in [0.1, 0.15) is 0 Å². The molecular weight excluding hydrogens is 318 g/mol. The highest BCUT2D eigenvalue weighted by Gasteiger charge is 2.38. The van der Waals surface area contributed by atoms with Gasteiger partial charge in [-0.3, -0.25) is 9.78 Å². The molecule has 0 spiro atoms. The summed E-state index contributed by atoms with van der Waals surface area (Å²) < 4.78 is 24.8. The molecule has 0 saturated carbocycles. The summed E-state index contributed by atoms with van der Waals surface area (Å²) in [7, 11) is -0.165. The molecular formula is C15H23N3O4S. The first-order valence-corrected chi connectivity index (χ1v) is 9.17. The van der Waals surface area contributed by atoms with E-state index in [9.17, 15) is 18.3 Å². The normalized spacial score (nSPS) is 22.6. The fourth-order valence-corrected chi connectivity index (χ4v) is 3.78. The van der Waals surface area contributed by atoms with E-state index in [-0.39, 0.29) is 11.7 Å². The second kappa shape index (κ2) is 7.37. The first-order valence-electron chi connectivity index (χ1n) is 7.56. The number of hydrogen-bond acceptors (Lipinski definition) is 5. The van der Waals surface area contributed by atoms with E-state index in [1.807, 2.05) is 17.0 Å². The number of likely N-dealkylation sites (tertiary alicyclic amines) is 1. The van der Waals surface area contributed by atoms with Crippen molar-refractivity contribution in [1.82, 2.24) is 14.2 Å². The zero-order valence-electron chi connectivity index (χ0n) is 13.4. The molecule has 7 nitrogen and oxygen atoms in total.